The average Bonchev–Trinajstić information content (AvgIpc) is 2.85. The number of ether oxygens (including phenoxy) is 1. The highest BCUT2D eigenvalue weighted by molar-refractivity contribution is 5.93. The van der Waals surface area contributed by atoms with Crippen LogP contribution >= 0.6 is 0 Å². The minimum Gasteiger partial charge on any atom is -0.618 e. The number of hydrogen-bond acceptors (Lipinski definition) is 6. The summed E-state index contributed by atoms with van der Waals surface area (Å²) in [4.78, 5) is 17.3. The average molecular weight is 476 g/mol. The third-order valence-electron chi connectivity index (χ3n) is 6.05. The van der Waals surface area contributed by atoms with Gasteiger partial charge in [-0.2, -0.15) is 4.73 Å². The largest absolute Gasteiger partial charge is 0.618 e. The molecule has 35 heavy (non-hydrogen) atoms. The number of fused-ring (bicyclic) bond motifs is 2. The van der Waals surface area contributed by atoms with Crippen LogP contribution in [0.2, 0.25) is 0 Å². The van der Waals surface area contributed by atoms with E-state index in [2.05, 4.69) is 22.5 Å². The molecule has 9 heteroatoms. The standard InChI is InChI=1S/C26H29N5O4/c1-16-9-10-22-23(13-16)31(34)25(18(3)30(22)33)26(32)28-12-5-7-17(2)29-21-15-20(35-4)14-19-8-6-11-27-24(19)21/h6,8-11,13-15,17,29H,5,7,12H2,1-4H3,(H,28,32). The lowest BCUT2D eigenvalue weighted by Crippen LogP contribution is -2.49. The molecule has 1 amide bonds. The van der Waals surface area contributed by atoms with E-state index in [1.807, 2.05) is 31.2 Å². The number of rotatable bonds is 8. The maximum atomic E-state index is 12.9. The van der Waals surface area contributed by atoms with E-state index in [4.69, 9.17) is 4.74 Å². The Balaban J connectivity index is 1.40. The molecule has 4 rings (SSSR count). The topological polar surface area (TPSA) is 117 Å². The van der Waals surface area contributed by atoms with E-state index in [1.165, 1.54) is 6.92 Å². The Morgan fingerprint density at radius 3 is 2.69 bits per heavy atom. The molecule has 2 heterocycles. The number of nitrogens with one attached hydrogen (secondary N) is 2. The predicted molar refractivity (Wildman–Crippen MR) is 134 cm³/mol. The fraction of sp³-hybridized carbons (Fsp3) is 0.308. The van der Waals surface area contributed by atoms with Crippen molar-refractivity contribution in [2.45, 2.75) is 39.7 Å². The lowest BCUT2D eigenvalue weighted by molar-refractivity contribution is -0.635. The van der Waals surface area contributed by atoms with Crippen LogP contribution < -0.4 is 24.8 Å². The summed E-state index contributed by atoms with van der Waals surface area (Å²) in [6.45, 7) is 5.73. The molecule has 0 aliphatic rings. The van der Waals surface area contributed by atoms with Crippen LogP contribution in [0.25, 0.3) is 21.9 Å². The molecule has 0 saturated carbocycles. The van der Waals surface area contributed by atoms with Crippen LogP contribution in [0.5, 0.6) is 5.75 Å². The summed E-state index contributed by atoms with van der Waals surface area (Å²) in [6, 6.07) is 12.8. The highest BCUT2D eigenvalue weighted by Crippen LogP contribution is 2.28. The van der Waals surface area contributed by atoms with Gasteiger partial charge in [-0.05, 0) is 44.4 Å². The van der Waals surface area contributed by atoms with E-state index in [1.54, 1.807) is 31.5 Å². The molecule has 0 aliphatic heterocycles. The number of hydrogen-bond donors (Lipinski definition) is 2. The van der Waals surface area contributed by atoms with Gasteiger partial charge in [0.25, 0.3) is 16.7 Å². The van der Waals surface area contributed by atoms with Gasteiger partial charge < -0.3 is 25.8 Å². The van der Waals surface area contributed by atoms with Crippen molar-refractivity contribution in [1.82, 2.24) is 10.3 Å². The summed E-state index contributed by atoms with van der Waals surface area (Å²) in [7, 11) is 1.63. The van der Waals surface area contributed by atoms with Crippen LogP contribution in [0.1, 0.15) is 41.5 Å². The number of benzene rings is 2. The first-order valence-electron chi connectivity index (χ1n) is 11.5. The number of nitrogens with zero attached hydrogens (tertiary/aromatic N) is 3. The quantitative estimate of drug-likeness (QED) is 0.229. The lowest BCUT2D eigenvalue weighted by atomic mass is 10.1. The molecule has 0 bridgehead atoms. The number of anilines is 1. The summed E-state index contributed by atoms with van der Waals surface area (Å²) in [6.07, 6.45) is 3.20. The molecule has 1 unspecified atom stereocenters. The second-order valence-electron chi connectivity index (χ2n) is 8.71. The van der Waals surface area contributed by atoms with Gasteiger partial charge in [0.1, 0.15) is 5.75 Å². The molecular formula is C26H29N5O4. The fourth-order valence-corrected chi connectivity index (χ4v) is 4.19. The third kappa shape index (κ3) is 4.89. The summed E-state index contributed by atoms with van der Waals surface area (Å²) in [5, 5.41) is 32.7. The van der Waals surface area contributed by atoms with Crippen molar-refractivity contribution in [1.29, 1.82) is 0 Å². The Labute approximate surface area is 203 Å². The molecule has 2 aromatic carbocycles. The molecule has 0 fully saturated rings. The smallest absolute Gasteiger partial charge is 0.350 e. The molecule has 182 valence electrons. The van der Waals surface area contributed by atoms with Crippen LogP contribution in [0.3, 0.4) is 0 Å². The first kappa shape index (κ1) is 24.0. The predicted octanol–water partition coefficient (Wildman–Crippen LogP) is 3.29. The zero-order valence-corrected chi connectivity index (χ0v) is 20.3. The van der Waals surface area contributed by atoms with Gasteiger partial charge in [0, 0.05) is 49.3 Å². The zero-order chi connectivity index (χ0) is 25.1. The van der Waals surface area contributed by atoms with Gasteiger partial charge in [0.05, 0.1) is 18.3 Å². The number of aryl methyl sites for hydroxylation is 1. The maximum absolute atomic E-state index is 12.9. The van der Waals surface area contributed by atoms with Crippen LogP contribution in [-0.2, 0) is 0 Å². The Hall–Kier alpha value is -4.14. The summed E-state index contributed by atoms with van der Waals surface area (Å²) in [5.41, 5.74) is 2.87. The van der Waals surface area contributed by atoms with Gasteiger partial charge >= 0.3 is 11.6 Å². The van der Waals surface area contributed by atoms with E-state index in [0.29, 0.717) is 22.4 Å². The van der Waals surface area contributed by atoms with E-state index >= 15 is 0 Å². The number of amides is 1. The van der Waals surface area contributed by atoms with Crippen LogP contribution in [-0.4, -0.2) is 30.6 Å². The van der Waals surface area contributed by atoms with Gasteiger partial charge in [-0.1, -0.05) is 12.1 Å². The molecule has 0 radical (unpaired) electrons. The zero-order valence-electron chi connectivity index (χ0n) is 20.3. The van der Waals surface area contributed by atoms with Crippen molar-refractivity contribution in [3.8, 4) is 5.75 Å². The van der Waals surface area contributed by atoms with Crippen LogP contribution in [0, 0.1) is 24.3 Å². The van der Waals surface area contributed by atoms with Crippen LogP contribution in [0.4, 0.5) is 5.69 Å². The van der Waals surface area contributed by atoms with Crippen LogP contribution in [0.15, 0.2) is 48.7 Å². The molecule has 0 saturated heterocycles. The highest BCUT2D eigenvalue weighted by atomic mass is 16.5. The maximum Gasteiger partial charge on any atom is 0.350 e. The van der Waals surface area contributed by atoms with Gasteiger partial charge in [-0.25, -0.2) is 0 Å². The Morgan fingerprint density at radius 1 is 1.11 bits per heavy atom. The molecule has 9 nitrogen and oxygen atoms in total. The Morgan fingerprint density at radius 2 is 1.91 bits per heavy atom. The lowest BCUT2D eigenvalue weighted by Gasteiger charge is -2.17. The highest BCUT2D eigenvalue weighted by Gasteiger charge is 2.30. The number of carbonyl (C=O) groups excluding carboxylic acids is 1. The van der Waals surface area contributed by atoms with Gasteiger partial charge in [-0.15, -0.1) is 4.73 Å². The molecule has 1 atom stereocenters. The normalized spacial score (nSPS) is 12.0. The molecule has 4 aromatic rings. The molecule has 0 spiro atoms. The van der Waals surface area contributed by atoms with Crippen molar-refractivity contribution in [2.24, 2.45) is 0 Å². The molecule has 2 aromatic heterocycles. The minimum atomic E-state index is -0.561. The van der Waals surface area contributed by atoms with E-state index in [0.717, 1.165) is 34.3 Å². The van der Waals surface area contributed by atoms with E-state index < -0.39 is 5.91 Å². The SMILES string of the molecule is COc1cc(NC(C)CCCNC(=O)c2c(C)[n+]([O-])c3ccc(C)cc3[n+]2[O-])c2ncccc2c1. The number of aromatic nitrogens is 3. The van der Waals surface area contributed by atoms with Gasteiger partial charge in [0.2, 0.25) is 0 Å². The van der Waals surface area contributed by atoms with Crippen molar-refractivity contribution < 1.29 is 19.0 Å². The van der Waals surface area contributed by atoms with E-state index in [9.17, 15) is 15.2 Å². The van der Waals surface area contributed by atoms with Crippen molar-refractivity contribution >= 4 is 33.5 Å². The molecule has 0 aliphatic carbocycles. The summed E-state index contributed by atoms with van der Waals surface area (Å²) >= 11 is 0. The van der Waals surface area contributed by atoms with Gasteiger partial charge in [0.15, 0.2) is 0 Å². The fourth-order valence-electron chi connectivity index (χ4n) is 4.19. The number of pyridine rings is 1. The van der Waals surface area contributed by atoms with Crippen molar-refractivity contribution in [3.63, 3.8) is 0 Å². The van der Waals surface area contributed by atoms with Crippen molar-refractivity contribution in [2.75, 3.05) is 19.0 Å². The van der Waals surface area contributed by atoms with Gasteiger partial charge in [-0.3, -0.25) is 9.78 Å². The second kappa shape index (κ2) is 10.0. The summed E-state index contributed by atoms with van der Waals surface area (Å²) < 4.78 is 6.59. The monoisotopic (exact) mass is 475 g/mol. The minimum absolute atomic E-state index is 0.0706. The Kier molecular flexibility index (Phi) is 6.86. The van der Waals surface area contributed by atoms with E-state index in [-0.39, 0.29) is 28.5 Å². The molecule has 2 N–H and O–H groups in total. The second-order valence-corrected chi connectivity index (χ2v) is 8.71. The first-order chi connectivity index (χ1) is 16.8. The van der Waals surface area contributed by atoms with Crippen molar-refractivity contribution in [3.05, 3.63) is 76.0 Å². The Bertz CT molecular complexity index is 1410. The molecular weight excluding hydrogens is 446 g/mol. The number of carbonyl (C=O) groups is 1. The number of methoxy groups -OCH3 is 1. The first-order valence-corrected chi connectivity index (χ1v) is 11.5. The summed E-state index contributed by atoms with van der Waals surface area (Å²) in [5.74, 6) is 0.184. The third-order valence-corrected chi connectivity index (χ3v) is 6.05.